The van der Waals surface area contributed by atoms with Gasteiger partial charge in [0.05, 0.1) is 19.6 Å². The summed E-state index contributed by atoms with van der Waals surface area (Å²) in [6, 6.07) is 22.8. The first-order valence-corrected chi connectivity index (χ1v) is 10.5. The van der Waals surface area contributed by atoms with Crippen LogP contribution in [0.5, 0.6) is 0 Å². The van der Waals surface area contributed by atoms with Gasteiger partial charge >= 0.3 is 0 Å². The highest BCUT2D eigenvalue weighted by molar-refractivity contribution is 14.0. The summed E-state index contributed by atoms with van der Waals surface area (Å²) in [6.07, 6.45) is 1.79. The van der Waals surface area contributed by atoms with Crippen molar-refractivity contribution in [3.63, 3.8) is 0 Å². The van der Waals surface area contributed by atoms with Gasteiger partial charge in [-0.3, -0.25) is 4.79 Å². The maximum Gasteiger partial charge on any atom is 0.250 e. The Kier molecular flexibility index (Phi) is 9.93. The Balaban J connectivity index is 0.00000363. The second kappa shape index (κ2) is 12.4. The van der Waals surface area contributed by atoms with Gasteiger partial charge in [0.2, 0.25) is 0 Å². The van der Waals surface area contributed by atoms with Crippen LogP contribution in [0.1, 0.15) is 30.5 Å². The summed E-state index contributed by atoms with van der Waals surface area (Å²) in [5.41, 5.74) is 1.96. The summed E-state index contributed by atoms with van der Waals surface area (Å²) >= 11 is 0. The summed E-state index contributed by atoms with van der Waals surface area (Å²) in [5.74, 6) is 0.652. The molecule has 0 fully saturated rings. The molecule has 0 radical (unpaired) electrons. The largest absolute Gasteiger partial charge is 0.384 e. The van der Waals surface area contributed by atoms with E-state index in [1.807, 2.05) is 67.6 Å². The number of rotatable bonds is 8. The summed E-state index contributed by atoms with van der Waals surface area (Å²) in [5, 5.41) is 17.2. The molecule has 3 N–H and O–H groups in total. The van der Waals surface area contributed by atoms with Crippen LogP contribution in [0.25, 0.3) is 0 Å². The van der Waals surface area contributed by atoms with Gasteiger partial charge in [-0.1, -0.05) is 60.7 Å². The normalized spacial score (nSPS) is 13.0. The van der Waals surface area contributed by atoms with Crippen LogP contribution in [0, 0.1) is 0 Å². The number of aliphatic hydroxyl groups is 1. The van der Waals surface area contributed by atoms with E-state index in [4.69, 9.17) is 0 Å². The summed E-state index contributed by atoms with van der Waals surface area (Å²) in [4.78, 5) is 16.5. The van der Waals surface area contributed by atoms with Crippen molar-refractivity contribution in [3.05, 3.63) is 106 Å². The molecule has 0 amide bonds. The van der Waals surface area contributed by atoms with E-state index >= 15 is 0 Å². The average molecular weight is 546 g/mol. The Morgan fingerprint density at radius 3 is 2.28 bits per heavy atom. The number of hydrogen-bond donors (Lipinski definition) is 3. The minimum absolute atomic E-state index is 0. The number of halogens is 1. The average Bonchev–Trinajstić information content (AvgIpc) is 2.79. The number of aromatic nitrogens is 1. The topological polar surface area (TPSA) is 78.7 Å². The fourth-order valence-electron chi connectivity index (χ4n) is 3.21. The summed E-state index contributed by atoms with van der Waals surface area (Å²) < 4.78 is 1.68. The van der Waals surface area contributed by atoms with Crippen LogP contribution < -0.4 is 16.2 Å². The highest BCUT2D eigenvalue weighted by atomic mass is 127. The molecule has 2 aromatic carbocycles. The lowest BCUT2D eigenvalue weighted by atomic mass is 9.96. The monoisotopic (exact) mass is 546 g/mol. The van der Waals surface area contributed by atoms with Gasteiger partial charge in [-0.15, -0.1) is 24.0 Å². The molecule has 0 bridgehead atoms. The van der Waals surface area contributed by atoms with Crippen LogP contribution in [0.15, 0.2) is 88.8 Å². The molecular weight excluding hydrogens is 515 g/mol. The molecule has 1 atom stereocenters. The zero-order chi connectivity index (χ0) is 22.1. The molecule has 170 valence electrons. The fourth-order valence-corrected chi connectivity index (χ4v) is 3.21. The molecule has 1 unspecified atom stereocenters. The Morgan fingerprint density at radius 1 is 0.969 bits per heavy atom. The Morgan fingerprint density at radius 2 is 1.62 bits per heavy atom. The van der Waals surface area contributed by atoms with E-state index in [2.05, 4.69) is 15.6 Å². The molecule has 0 aliphatic heterocycles. The number of guanidine groups is 1. The maximum atomic E-state index is 11.9. The van der Waals surface area contributed by atoms with Crippen molar-refractivity contribution < 1.29 is 5.11 Å². The molecule has 3 rings (SSSR count). The van der Waals surface area contributed by atoms with Crippen molar-refractivity contribution >= 4 is 29.9 Å². The second-order valence-electron chi connectivity index (χ2n) is 7.67. The zero-order valence-electron chi connectivity index (χ0n) is 18.5. The Hall–Kier alpha value is -2.65. The van der Waals surface area contributed by atoms with Crippen LogP contribution in [0.3, 0.4) is 0 Å². The van der Waals surface area contributed by atoms with Crippen molar-refractivity contribution in [1.82, 2.24) is 15.2 Å². The molecule has 0 saturated heterocycles. The fraction of sp³-hybridized carbons (Fsp3) is 0.280. The van der Waals surface area contributed by atoms with Gasteiger partial charge in [-0.2, -0.15) is 0 Å². The van der Waals surface area contributed by atoms with E-state index in [0.29, 0.717) is 25.6 Å². The minimum Gasteiger partial charge on any atom is -0.384 e. The van der Waals surface area contributed by atoms with E-state index in [9.17, 15) is 9.90 Å². The van der Waals surface area contributed by atoms with Gasteiger partial charge in [-0.05, 0) is 36.6 Å². The van der Waals surface area contributed by atoms with Crippen LogP contribution in [-0.4, -0.2) is 28.7 Å². The summed E-state index contributed by atoms with van der Waals surface area (Å²) in [7, 11) is 0. The van der Waals surface area contributed by atoms with Crippen molar-refractivity contribution in [2.75, 3.05) is 13.1 Å². The standard InChI is InChI=1S/C25H30N4O2.HI/c1-3-26-24(28-19-25(2,31)22-9-5-4-6-10-22)27-17-20-12-14-21(15-13-20)18-29-16-8-7-11-23(29)30;/h4-16,31H,3,17-19H2,1-2H3,(H2,26,27,28);1H. The maximum absolute atomic E-state index is 11.9. The molecule has 0 saturated carbocycles. The van der Waals surface area contributed by atoms with Crippen LogP contribution in [-0.2, 0) is 18.7 Å². The summed E-state index contributed by atoms with van der Waals surface area (Å²) in [6.45, 7) is 5.91. The van der Waals surface area contributed by atoms with Crippen molar-refractivity contribution in [2.24, 2.45) is 4.99 Å². The molecule has 1 heterocycles. The SMILES string of the molecule is CCNC(=NCc1ccc(Cn2ccccc2=O)cc1)NCC(C)(O)c1ccccc1.I. The first kappa shape index (κ1) is 25.6. The number of nitrogens with one attached hydrogen (secondary N) is 2. The van der Waals surface area contributed by atoms with E-state index in [-0.39, 0.29) is 29.5 Å². The van der Waals surface area contributed by atoms with Gasteiger partial charge in [0.15, 0.2) is 5.96 Å². The number of benzene rings is 2. The number of hydrogen-bond acceptors (Lipinski definition) is 3. The first-order valence-electron chi connectivity index (χ1n) is 10.5. The molecule has 1 aromatic heterocycles. The van der Waals surface area contributed by atoms with Crippen LogP contribution in [0.4, 0.5) is 0 Å². The minimum atomic E-state index is -1.01. The van der Waals surface area contributed by atoms with Gasteiger partial charge in [0, 0.05) is 18.8 Å². The highest BCUT2D eigenvalue weighted by Gasteiger charge is 2.22. The van der Waals surface area contributed by atoms with Gasteiger partial charge in [0.25, 0.3) is 5.56 Å². The Bertz CT molecular complexity index is 1050. The van der Waals surface area contributed by atoms with Crippen molar-refractivity contribution in [3.8, 4) is 0 Å². The highest BCUT2D eigenvalue weighted by Crippen LogP contribution is 2.18. The zero-order valence-corrected chi connectivity index (χ0v) is 20.8. The van der Waals surface area contributed by atoms with Gasteiger partial charge in [-0.25, -0.2) is 4.99 Å². The molecule has 0 aliphatic rings. The molecule has 0 spiro atoms. The lowest BCUT2D eigenvalue weighted by Gasteiger charge is -2.25. The predicted molar refractivity (Wildman–Crippen MR) is 140 cm³/mol. The molecule has 32 heavy (non-hydrogen) atoms. The lowest BCUT2D eigenvalue weighted by Crippen LogP contribution is -2.44. The predicted octanol–water partition coefficient (Wildman–Crippen LogP) is 3.48. The van der Waals surface area contributed by atoms with Crippen molar-refractivity contribution in [1.29, 1.82) is 0 Å². The lowest BCUT2D eigenvalue weighted by molar-refractivity contribution is 0.0617. The van der Waals surface area contributed by atoms with E-state index < -0.39 is 5.60 Å². The second-order valence-corrected chi connectivity index (χ2v) is 7.67. The third-order valence-electron chi connectivity index (χ3n) is 5.03. The van der Waals surface area contributed by atoms with Gasteiger partial charge in [0.1, 0.15) is 5.60 Å². The Labute approximate surface area is 206 Å². The molecule has 3 aromatic rings. The van der Waals surface area contributed by atoms with Gasteiger partial charge < -0.3 is 20.3 Å². The van der Waals surface area contributed by atoms with E-state index in [0.717, 1.165) is 23.2 Å². The first-order chi connectivity index (χ1) is 15.0. The number of pyridine rings is 1. The third kappa shape index (κ3) is 7.49. The number of nitrogens with zero attached hydrogens (tertiary/aromatic N) is 2. The molecule has 0 aliphatic carbocycles. The molecular formula is C25H31IN4O2. The molecule has 6 nitrogen and oxygen atoms in total. The quantitative estimate of drug-likeness (QED) is 0.230. The third-order valence-corrected chi connectivity index (χ3v) is 5.03. The molecule has 7 heteroatoms. The van der Waals surface area contributed by atoms with Crippen LogP contribution in [0.2, 0.25) is 0 Å². The van der Waals surface area contributed by atoms with Crippen molar-refractivity contribution in [2.45, 2.75) is 32.5 Å². The van der Waals surface area contributed by atoms with E-state index in [1.54, 1.807) is 29.8 Å². The van der Waals surface area contributed by atoms with E-state index in [1.165, 1.54) is 0 Å². The number of aliphatic imine (C=N–C) groups is 1. The van der Waals surface area contributed by atoms with Crippen LogP contribution >= 0.6 is 24.0 Å². The smallest absolute Gasteiger partial charge is 0.250 e.